The minimum absolute atomic E-state index is 0.0637. The number of nitrogens with zero attached hydrogens (tertiary/aromatic N) is 2. The number of hydrogen-bond acceptors (Lipinski definition) is 3. The largest absolute Gasteiger partial charge is 0.496 e. The molecule has 1 N–H and O–H groups in total. The van der Waals surface area contributed by atoms with E-state index in [1.54, 1.807) is 13.2 Å². The molecular weight excluding hydrogens is 425 g/mol. The van der Waals surface area contributed by atoms with Gasteiger partial charge in [0.1, 0.15) is 11.6 Å². The maximum absolute atomic E-state index is 13.6. The quantitative estimate of drug-likeness (QED) is 0.744. The van der Waals surface area contributed by atoms with E-state index in [1.165, 1.54) is 12.1 Å². The summed E-state index contributed by atoms with van der Waals surface area (Å²) in [7, 11) is 1.59. The van der Waals surface area contributed by atoms with Crippen LogP contribution in [0.4, 0.5) is 9.18 Å². The molecule has 3 rings (SSSR count). The number of carbonyl (C=O) groups is 1. The van der Waals surface area contributed by atoms with Crippen molar-refractivity contribution in [2.45, 2.75) is 19.5 Å². The second kappa shape index (κ2) is 9.39. The number of nitrogens with one attached hydrogen (secondary N) is 1. The average molecular weight is 450 g/mol. The predicted octanol–water partition coefficient (Wildman–Crippen LogP) is 4.19. The number of methoxy groups -OCH3 is 1. The van der Waals surface area contributed by atoms with E-state index in [0.717, 1.165) is 28.7 Å². The van der Waals surface area contributed by atoms with Crippen molar-refractivity contribution in [3.8, 4) is 5.75 Å². The molecule has 0 saturated carbocycles. The maximum Gasteiger partial charge on any atom is 0.317 e. The molecule has 1 unspecified atom stereocenters. The van der Waals surface area contributed by atoms with Crippen LogP contribution in [0.1, 0.15) is 24.1 Å². The van der Waals surface area contributed by atoms with Gasteiger partial charge in [0.2, 0.25) is 0 Å². The number of halogens is 2. The van der Waals surface area contributed by atoms with Crippen molar-refractivity contribution in [3.63, 3.8) is 0 Å². The van der Waals surface area contributed by atoms with Gasteiger partial charge in [-0.3, -0.25) is 4.90 Å². The lowest BCUT2D eigenvalue weighted by atomic mass is 10.1. The fourth-order valence-electron chi connectivity index (χ4n) is 3.40. The Hall–Kier alpha value is -2.12. The molecule has 2 aromatic carbocycles. The molecule has 0 radical (unpaired) electrons. The molecular formula is C21H25BrFN3O2. The number of benzene rings is 2. The van der Waals surface area contributed by atoms with Crippen molar-refractivity contribution < 1.29 is 13.9 Å². The summed E-state index contributed by atoms with van der Waals surface area (Å²) < 4.78 is 19.9. The highest BCUT2D eigenvalue weighted by Gasteiger charge is 2.23. The Morgan fingerprint density at radius 1 is 1.21 bits per heavy atom. The molecule has 1 heterocycles. The van der Waals surface area contributed by atoms with Gasteiger partial charge in [-0.05, 0) is 36.8 Å². The first kappa shape index (κ1) is 20.6. The number of piperazine rings is 1. The Balaban J connectivity index is 1.53. The summed E-state index contributed by atoms with van der Waals surface area (Å²) in [5.74, 6) is 0.415. The van der Waals surface area contributed by atoms with Crippen LogP contribution in [0, 0.1) is 5.82 Å². The van der Waals surface area contributed by atoms with Gasteiger partial charge in [-0.15, -0.1) is 0 Å². The van der Waals surface area contributed by atoms with Gasteiger partial charge in [0, 0.05) is 42.8 Å². The molecule has 1 atom stereocenters. The summed E-state index contributed by atoms with van der Waals surface area (Å²) in [4.78, 5) is 16.6. The summed E-state index contributed by atoms with van der Waals surface area (Å²) in [6.07, 6.45) is 0. The van der Waals surface area contributed by atoms with Crippen LogP contribution in [0.3, 0.4) is 0 Å². The van der Waals surface area contributed by atoms with E-state index >= 15 is 0 Å². The van der Waals surface area contributed by atoms with Crippen molar-refractivity contribution in [2.75, 3.05) is 33.3 Å². The molecule has 2 aromatic rings. The maximum atomic E-state index is 13.6. The molecule has 1 saturated heterocycles. The monoisotopic (exact) mass is 449 g/mol. The lowest BCUT2D eigenvalue weighted by Gasteiger charge is -2.35. The van der Waals surface area contributed by atoms with E-state index in [1.807, 2.05) is 36.1 Å². The van der Waals surface area contributed by atoms with Gasteiger partial charge >= 0.3 is 6.03 Å². The van der Waals surface area contributed by atoms with Crippen LogP contribution in [0.2, 0.25) is 0 Å². The van der Waals surface area contributed by atoms with Gasteiger partial charge in [0.15, 0.2) is 0 Å². The molecule has 28 heavy (non-hydrogen) atoms. The van der Waals surface area contributed by atoms with Gasteiger partial charge in [0.25, 0.3) is 0 Å². The molecule has 1 fully saturated rings. The van der Waals surface area contributed by atoms with Crippen LogP contribution in [-0.2, 0) is 6.54 Å². The topological polar surface area (TPSA) is 44.8 Å². The highest BCUT2D eigenvalue weighted by Crippen LogP contribution is 2.24. The van der Waals surface area contributed by atoms with E-state index < -0.39 is 0 Å². The zero-order valence-corrected chi connectivity index (χ0v) is 17.7. The number of ether oxygens (including phenoxy) is 1. The Morgan fingerprint density at radius 2 is 1.93 bits per heavy atom. The fourth-order valence-corrected chi connectivity index (χ4v) is 4.03. The highest BCUT2D eigenvalue weighted by atomic mass is 79.9. The standard InChI is InChI=1S/C21H25BrFN3O2/c1-15(18-5-3-4-6-19(18)22)24-21(27)26-11-9-25(10-12-26)14-16-13-17(23)7-8-20(16)28-2/h3-8,13,15H,9-12,14H2,1-2H3,(H,24,27). The number of carbonyl (C=O) groups excluding carboxylic acids is 1. The first-order chi connectivity index (χ1) is 13.5. The SMILES string of the molecule is COc1ccc(F)cc1CN1CCN(C(=O)NC(C)c2ccccc2Br)CC1. The summed E-state index contributed by atoms with van der Waals surface area (Å²) in [5, 5.41) is 3.07. The van der Waals surface area contributed by atoms with Gasteiger partial charge in [-0.1, -0.05) is 34.1 Å². The minimum Gasteiger partial charge on any atom is -0.496 e. The van der Waals surface area contributed by atoms with Crippen LogP contribution in [-0.4, -0.2) is 49.1 Å². The van der Waals surface area contributed by atoms with Crippen LogP contribution in [0.25, 0.3) is 0 Å². The van der Waals surface area contributed by atoms with Crippen LogP contribution in [0.5, 0.6) is 5.75 Å². The number of urea groups is 1. The normalized spacial score (nSPS) is 15.9. The molecule has 2 amide bonds. The van der Waals surface area contributed by atoms with Crippen molar-refractivity contribution in [3.05, 3.63) is 63.9 Å². The van der Waals surface area contributed by atoms with E-state index in [9.17, 15) is 9.18 Å². The summed E-state index contributed by atoms with van der Waals surface area (Å²) in [6.45, 7) is 5.31. The number of hydrogen-bond donors (Lipinski definition) is 1. The third kappa shape index (κ3) is 5.02. The zero-order valence-electron chi connectivity index (χ0n) is 16.1. The Morgan fingerprint density at radius 3 is 2.61 bits per heavy atom. The molecule has 7 heteroatoms. The zero-order chi connectivity index (χ0) is 20.1. The predicted molar refractivity (Wildman–Crippen MR) is 111 cm³/mol. The fraction of sp³-hybridized carbons (Fsp3) is 0.381. The second-order valence-corrected chi connectivity index (χ2v) is 7.77. The molecule has 1 aliphatic rings. The summed E-state index contributed by atoms with van der Waals surface area (Å²) in [6, 6.07) is 12.3. The van der Waals surface area contributed by atoms with Gasteiger partial charge in [-0.25, -0.2) is 9.18 Å². The van der Waals surface area contributed by atoms with E-state index in [2.05, 4.69) is 26.1 Å². The lowest BCUT2D eigenvalue weighted by Crippen LogP contribution is -2.51. The van der Waals surface area contributed by atoms with Gasteiger partial charge < -0.3 is 15.0 Å². The molecule has 0 bridgehead atoms. The van der Waals surface area contributed by atoms with Crippen LogP contribution >= 0.6 is 15.9 Å². The average Bonchev–Trinajstić information content (AvgIpc) is 2.69. The molecule has 150 valence electrons. The molecule has 0 spiro atoms. The van der Waals surface area contributed by atoms with Crippen molar-refractivity contribution in [2.24, 2.45) is 0 Å². The molecule has 5 nitrogen and oxygen atoms in total. The summed E-state index contributed by atoms with van der Waals surface area (Å²) >= 11 is 3.53. The smallest absolute Gasteiger partial charge is 0.317 e. The second-order valence-electron chi connectivity index (χ2n) is 6.91. The highest BCUT2D eigenvalue weighted by molar-refractivity contribution is 9.10. The lowest BCUT2D eigenvalue weighted by molar-refractivity contribution is 0.133. The van der Waals surface area contributed by atoms with Crippen molar-refractivity contribution in [1.82, 2.24) is 15.1 Å². The van der Waals surface area contributed by atoms with E-state index in [-0.39, 0.29) is 17.9 Å². The Bertz CT molecular complexity index is 825. The molecule has 1 aliphatic heterocycles. The number of amides is 2. The molecule has 0 aromatic heterocycles. The Kier molecular flexibility index (Phi) is 6.91. The first-order valence-electron chi connectivity index (χ1n) is 9.32. The third-order valence-electron chi connectivity index (χ3n) is 5.01. The third-order valence-corrected chi connectivity index (χ3v) is 5.73. The van der Waals surface area contributed by atoms with E-state index in [4.69, 9.17) is 4.74 Å². The van der Waals surface area contributed by atoms with Gasteiger partial charge in [-0.2, -0.15) is 0 Å². The van der Waals surface area contributed by atoms with Crippen LogP contribution < -0.4 is 10.1 Å². The van der Waals surface area contributed by atoms with Crippen LogP contribution in [0.15, 0.2) is 46.9 Å². The molecule has 0 aliphatic carbocycles. The summed E-state index contributed by atoms with van der Waals surface area (Å²) in [5.41, 5.74) is 1.87. The number of rotatable bonds is 5. The van der Waals surface area contributed by atoms with Gasteiger partial charge in [0.05, 0.1) is 13.2 Å². The first-order valence-corrected chi connectivity index (χ1v) is 10.1. The minimum atomic E-state index is -0.269. The van der Waals surface area contributed by atoms with Crippen molar-refractivity contribution >= 4 is 22.0 Å². The van der Waals surface area contributed by atoms with E-state index in [0.29, 0.717) is 25.4 Å². The van der Waals surface area contributed by atoms with Crippen molar-refractivity contribution in [1.29, 1.82) is 0 Å². The Labute approximate surface area is 173 Å².